The quantitative estimate of drug-likeness (QED) is 0.370. The molecular formula is C6H3Br2Na2O3P. The summed E-state index contributed by atoms with van der Waals surface area (Å²) in [5.41, 5.74) is 0. The van der Waals surface area contributed by atoms with Crippen LogP contribution in [0.25, 0.3) is 0 Å². The summed E-state index contributed by atoms with van der Waals surface area (Å²) in [5, 5.41) is -0.219. The maximum atomic E-state index is 10.6. The van der Waals surface area contributed by atoms with E-state index in [0.29, 0.717) is 8.95 Å². The predicted octanol–water partition coefficient (Wildman–Crippen LogP) is -6.31. The van der Waals surface area contributed by atoms with E-state index >= 15 is 0 Å². The summed E-state index contributed by atoms with van der Waals surface area (Å²) in [6.45, 7) is 0. The molecule has 14 heavy (non-hydrogen) atoms. The van der Waals surface area contributed by atoms with Crippen molar-refractivity contribution >= 4 is 45.1 Å². The SMILES string of the molecule is [Na+].[Na+].[O-][P+]([O-])([O-])c1cc(Br)cc(Br)c1. The van der Waals surface area contributed by atoms with Gasteiger partial charge >= 0.3 is 59.1 Å². The van der Waals surface area contributed by atoms with Gasteiger partial charge in [0, 0.05) is 8.95 Å². The van der Waals surface area contributed by atoms with Gasteiger partial charge in [-0.2, -0.15) is 0 Å². The van der Waals surface area contributed by atoms with E-state index in [4.69, 9.17) is 0 Å². The summed E-state index contributed by atoms with van der Waals surface area (Å²) in [5.74, 6) is 0. The van der Waals surface area contributed by atoms with E-state index < -0.39 is 7.94 Å². The van der Waals surface area contributed by atoms with Crippen molar-refractivity contribution in [1.82, 2.24) is 0 Å². The summed E-state index contributed by atoms with van der Waals surface area (Å²) in [6.07, 6.45) is 0. The van der Waals surface area contributed by atoms with Crippen molar-refractivity contribution in [2.75, 3.05) is 0 Å². The van der Waals surface area contributed by atoms with Crippen LogP contribution in [0.1, 0.15) is 0 Å². The average Bonchev–Trinajstić information content (AvgIpc) is 1.82. The van der Waals surface area contributed by atoms with Crippen molar-refractivity contribution in [2.45, 2.75) is 0 Å². The topological polar surface area (TPSA) is 69.2 Å². The Balaban J connectivity index is 0. The molecule has 1 rings (SSSR count). The maximum Gasteiger partial charge on any atom is 1.00 e. The standard InChI is InChI=1S/C6H5Br2O3P.2Na/c7-4-1-5(8)3-6(2-4)12(9,10)11;;/h1-3H,(H2,9,10,11);;/q;2*+1/p-2. The zero-order chi connectivity index (χ0) is 9.35. The molecule has 0 spiro atoms. The van der Waals surface area contributed by atoms with Crippen LogP contribution in [0.4, 0.5) is 0 Å². The molecule has 0 radical (unpaired) electrons. The third kappa shape index (κ3) is 6.28. The molecule has 0 N–H and O–H groups in total. The first kappa shape index (κ1) is 18.8. The third-order valence-electron chi connectivity index (χ3n) is 1.16. The summed E-state index contributed by atoms with van der Waals surface area (Å²) >= 11 is 6.15. The van der Waals surface area contributed by atoms with Crippen LogP contribution in [-0.4, -0.2) is 0 Å². The van der Waals surface area contributed by atoms with Crippen LogP contribution in [0.15, 0.2) is 27.1 Å². The zero-order valence-corrected chi connectivity index (χ0v) is 15.7. The molecule has 0 amide bonds. The van der Waals surface area contributed by atoms with E-state index in [2.05, 4.69) is 31.9 Å². The molecule has 1 aromatic rings. The molecule has 0 aliphatic carbocycles. The van der Waals surface area contributed by atoms with Crippen molar-refractivity contribution in [3.8, 4) is 0 Å². The second-order valence-electron chi connectivity index (χ2n) is 2.13. The van der Waals surface area contributed by atoms with Crippen molar-refractivity contribution in [1.29, 1.82) is 0 Å². The van der Waals surface area contributed by atoms with E-state index in [0.717, 1.165) is 0 Å². The minimum absolute atomic E-state index is 0. The maximum absolute atomic E-state index is 10.6. The Bertz CT molecular complexity index is 285. The first-order valence-corrected chi connectivity index (χ1v) is 6.01. The molecule has 1 aromatic carbocycles. The van der Waals surface area contributed by atoms with Crippen molar-refractivity contribution in [3.05, 3.63) is 27.1 Å². The Morgan fingerprint density at radius 3 is 1.50 bits per heavy atom. The van der Waals surface area contributed by atoms with Gasteiger partial charge in [-0.1, -0.05) is 31.9 Å². The van der Waals surface area contributed by atoms with Gasteiger partial charge in [0.2, 0.25) is 0 Å². The molecule has 0 fully saturated rings. The fourth-order valence-corrected chi connectivity index (χ4v) is 2.94. The molecule has 66 valence electrons. The smallest absolute Gasteiger partial charge is 0.683 e. The van der Waals surface area contributed by atoms with Crippen LogP contribution >= 0.6 is 39.8 Å². The number of hydrogen-bond acceptors (Lipinski definition) is 3. The first-order valence-electron chi connectivity index (χ1n) is 2.88. The summed E-state index contributed by atoms with van der Waals surface area (Å²) in [7, 11) is -4.63. The van der Waals surface area contributed by atoms with Crippen LogP contribution in [0.3, 0.4) is 0 Å². The number of benzene rings is 1. The van der Waals surface area contributed by atoms with Crippen LogP contribution in [0, 0.1) is 0 Å². The Morgan fingerprint density at radius 1 is 0.857 bits per heavy atom. The fourth-order valence-electron chi connectivity index (χ4n) is 0.697. The Morgan fingerprint density at radius 2 is 1.21 bits per heavy atom. The molecule has 0 aliphatic rings. The molecule has 0 heterocycles. The van der Waals surface area contributed by atoms with Gasteiger partial charge in [-0.25, -0.2) is 0 Å². The minimum Gasteiger partial charge on any atom is -0.683 e. The van der Waals surface area contributed by atoms with Crippen molar-refractivity contribution in [2.24, 2.45) is 0 Å². The van der Waals surface area contributed by atoms with Crippen LogP contribution in [0.5, 0.6) is 0 Å². The van der Waals surface area contributed by atoms with Gasteiger partial charge in [-0.15, -0.1) is 7.94 Å². The molecule has 3 nitrogen and oxygen atoms in total. The van der Waals surface area contributed by atoms with Crippen molar-refractivity contribution in [3.63, 3.8) is 0 Å². The Hall–Kier alpha value is 2.49. The normalized spacial score (nSPS) is 10.1. The van der Waals surface area contributed by atoms with E-state index in [1.165, 1.54) is 12.1 Å². The molecule has 8 heteroatoms. The van der Waals surface area contributed by atoms with E-state index in [9.17, 15) is 14.7 Å². The van der Waals surface area contributed by atoms with Gasteiger partial charge < -0.3 is 14.7 Å². The molecule has 0 saturated carbocycles. The second kappa shape index (κ2) is 7.75. The summed E-state index contributed by atoms with van der Waals surface area (Å²) in [6, 6.07) is 4.19. The number of rotatable bonds is 1. The average molecular weight is 360 g/mol. The van der Waals surface area contributed by atoms with E-state index in [-0.39, 0.29) is 64.4 Å². The minimum atomic E-state index is -4.63. The molecule has 0 aliphatic heterocycles. The molecule has 0 aromatic heterocycles. The van der Waals surface area contributed by atoms with Crippen molar-refractivity contribution < 1.29 is 73.8 Å². The third-order valence-corrected chi connectivity index (χ3v) is 2.97. The largest absolute Gasteiger partial charge is 1.00 e. The zero-order valence-electron chi connectivity index (χ0n) is 7.66. The first-order chi connectivity index (χ1) is 5.39. The van der Waals surface area contributed by atoms with Crippen LogP contribution in [0.2, 0.25) is 0 Å². The second-order valence-corrected chi connectivity index (χ2v) is 5.47. The Labute approximate surface area is 144 Å². The number of halogens is 2. The fraction of sp³-hybridized carbons (Fsp3) is 0. The van der Waals surface area contributed by atoms with Gasteiger partial charge in [0.1, 0.15) is 0 Å². The van der Waals surface area contributed by atoms with Crippen LogP contribution < -0.4 is 79.1 Å². The molecule has 0 unspecified atom stereocenters. The molecule has 0 bridgehead atoms. The van der Waals surface area contributed by atoms with Gasteiger partial charge in [-0.05, 0) is 18.2 Å². The molecular weight excluding hydrogens is 357 g/mol. The van der Waals surface area contributed by atoms with Gasteiger partial charge in [0.25, 0.3) is 0 Å². The predicted molar refractivity (Wildman–Crippen MR) is 48.4 cm³/mol. The molecule has 0 atom stereocenters. The van der Waals surface area contributed by atoms with Crippen LogP contribution in [-0.2, 0) is 0 Å². The van der Waals surface area contributed by atoms with Gasteiger partial charge in [0.05, 0.1) is 5.30 Å². The monoisotopic (exact) mass is 358 g/mol. The van der Waals surface area contributed by atoms with Gasteiger partial charge in [0.15, 0.2) is 0 Å². The molecule has 0 saturated heterocycles. The van der Waals surface area contributed by atoms with Gasteiger partial charge in [-0.3, -0.25) is 0 Å². The van der Waals surface area contributed by atoms with E-state index in [1.54, 1.807) is 6.07 Å². The number of hydrogen-bond donors (Lipinski definition) is 0. The summed E-state index contributed by atoms with van der Waals surface area (Å²) < 4.78 is 1.11. The summed E-state index contributed by atoms with van der Waals surface area (Å²) in [4.78, 5) is 31.7. The van der Waals surface area contributed by atoms with E-state index in [1.807, 2.05) is 0 Å². The Kier molecular flexibility index (Phi) is 10.4.